The van der Waals surface area contributed by atoms with Crippen molar-refractivity contribution in [2.45, 2.75) is 19.4 Å². The van der Waals surface area contributed by atoms with E-state index < -0.39 is 0 Å². The number of halogens is 1. The van der Waals surface area contributed by atoms with Crippen molar-refractivity contribution in [1.82, 2.24) is 4.90 Å². The number of methoxy groups -OCH3 is 2. The van der Waals surface area contributed by atoms with Gasteiger partial charge in [-0.1, -0.05) is 24.3 Å². The van der Waals surface area contributed by atoms with Gasteiger partial charge in [0.15, 0.2) is 0 Å². The smallest absolute Gasteiger partial charge is 0.307 e. The number of ether oxygens (including phenoxy) is 2. The molecule has 0 unspecified atom stereocenters. The number of carbonyl (C=O) groups is 2. The fourth-order valence-electron chi connectivity index (χ4n) is 2.46. The van der Waals surface area contributed by atoms with Gasteiger partial charge in [0.2, 0.25) is 5.91 Å². The minimum atomic E-state index is -0.383. The van der Waals surface area contributed by atoms with E-state index in [2.05, 4.69) is 4.74 Å². The normalized spacial score (nSPS) is 10.3. The minimum Gasteiger partial charge on any atom is -0.497 e. The highest BCUT2D eigenvalue weighted by molar-refractivity contribution is 5.79. The zero-order valence-electron chi connectivity index (χ0n) is 14.9. The number of benzene rings is 2. The maximum Gasteiger partial charge on any atom is 0.307 e. The van der Waals surface area contributed by atoms with Crippen LogP contribution in [-0.2, 0) is 27.3 Å². The van der Waals surface area contributed by atoms with E-state index in [0.717, 1.165) is 16.9 Å². The first kappa shape index (κ1) is 19.4. The van der Waals surface area contributed by atoms with Crippen LogP contribution in [0.4, 0.5) is 4.39 Å². The second-order valence-corrected chi connectivity index (χ2v) is 5.79. The lowest BCUT2D eigenvalue weighted by molar-refractivity contribution is -0.141. The molecule has 5 nitrogen and oxygen atoms in total. The van der Waals surface area contributed by atoms with E-state index in [9.17, 15) is 14.0 Å². The highest BCUT2D eigenvalue weighted by Crippen LogP contribution is 2.14. The van der Waals surface area contributed by atoms with Gasteiger partial charge in [0.05, 0.1) is 27.1 Å². The fourth-order valence-corrected chi connectivity index (χ4v) is 2.46. The summed E-state index contributed by atoms with van der Waals surface area (Å²) in [6.07, 6.45) is 0.304. The van der Waals surface area contributed by atoms with Crippen molar-refractivity contribution in [3.8, 4) is 5.75 Å². The number of carbonyl (C=O) groups excluding carboxylic acids is 2. The molecule has 2 aromatic rings. The molecular weight excluding hydrogens is 337 g/mol. The molecule has 1 amide bonds. The maximum atomic E-state index is 13.1. The Morgan fingerprint density at radius 3 is 2.15 bits per heavy atom. The van der Waals surface area contributed by atoms with Crippen LogP contribution in [0.1, 0.15) is 17.5 Å². The molecule has 0 atom stereocenters. The standard InChI is InChI=1S/C20H22FNO4/c1-25-18-9-5-15(6-10-18)13-19(23)22(12-11-20(24)26-2)14-16-3-7-17(21)8-4-16/h3-10H,11-14H2,1-2H3. The van der Waals surface area contributed by atoms with E-state index in [1.54, 1.807) is 36.3 Å². The van der Waals surface area contributed by atoms with Crippen LogP contribution in [0.25, 0.3) is 0 Å². The molecule has 0 radical (unpaired) electrons. The number of esters is 1. The molecule has 26 heavy (non-hydrogen) atoms. The van der Waals surface area contributed by atoms with Gasteiger partial charge in [-0.3, -0.25) is 9.59 Å². The Balaban J connectivity index is 2.08. The summed E-state index contributed by atoms with van der Waals surface area (Å²) in [5, 5.41) is 0. The summed E-state index contributed by atoms with van der Waals surface area (Å²) in [6.45, 7) is 0.533. The molecule has 0 saturated carbocycles. The summed E-state index contributed by atoms with van der Waals surface area (Å²) < 4.78 is 22.8. The summed E-state index contributed by atoms with van der Waals surface area (Å²) >= 11 is 0. The molecule has 0 spiro atoms. The first-order valence-electron chi connectivity index (χ1n) is 8.23. The highest BCUT2D eigenvalue weighted by Gasteiger charge is 2.16. The van der Waals surface area contributed by atoms with Crippen LogP contribution < -0.4 is 4.74 Å². The van der Waals surface area contributed by atoms with Gasteiger partial charge in [-0.05, 0) is 35.4 Å². The Morgan fingerprint density at radius 2 is 1.58 bits per heavy atom. The summed E-state index contributed by atoms with van der Waals surface area (Å²) in [4.78, 5) is 25.7. The third-order valence-electron chi connectivity index (χ3n) is 3.97. The van der Waals surface area contributed by atoms with Crippen LogP contribution in [0, 0.1) is 5.82 Å². The molecular formula is C20H22FNO4. The molecule has 6 heteroatoms. The predicted octanol–water partition coefficient (Wildman–Crippen LogP) is 2.97. The summed E-state index contributed by atoms with van der Waals surface area (Å²) in [5.41, 5.74) is 1.64. The van der Waals surface area contributed by atoms with E-state index >= 15 is 0 Å². The van der Waals surface area contributed by atoms with Crippen LogP contribution in [0.2, 0.25) is 0 Å². The third-order valence-corrected chi connectivity index (χ3v) is 3.97. The van der Waals surface area contributed by atoms with Crippen LogP contribution in [0.15, 0.2) is 48.5 Å². The molecule has 0 aliphatic rings. The molecule has 0 aromatic heterocycles. The van der Waals surface area contributed by atoms with Gasteiger partial charge in [-0.2, -0.15) is 0 Å². The van der Waals surface area contributed by atoms with E-state index in [1.807, 2.05) is 12.1 Å². The second-order valence-electron chi connectivity index (χ2n) is 5.79. The Hall–Kier alpha value is -2.89. The largest absolute Gasteiger partial charge is 0.497 e. The Bertz CT molecular complexity index is 728. The highest BCUT2D eigenvalue weighted by atomic mass is 19.1. The molecule has 0 fully saturated rings. The Labute approximate surface area is 152 Å². The lowest BCUT2D eigenvalue weighted by Crippen LogP contribution is -2.34. The number of rotatable bonds is 8. The van der Waals surface area contributed by atoms with Gasteiger partial charge in [-0.15, -0.1) is 0 Å². The average molecular weight is 359 g/mol. The number of hydrogen-bond donors (Lipinski definition) is 0. The molecule has 2 rings (SSSR count). The van der Waals surface area contributed by atoms with Gasteiger partial charge < -0.3 is 14.4 Å². The van der Waals surface area contributed by atoms with E-state index in [4.69, 9.17) is 4.74 Å². The van der Waals surface area contributed by atoms with Crippen molar-refractivity contribution in [3.05, 3.63) is 65.5 Å². The van der Waals surface area contributed by atoms with Crippen molar-refractivity contribution < 1.29 is 23.5 Å². The SMILES string of the molecule is COC(=O)CCN(Cc1ccc(F)cc1)C(=O)Cc1ccc(OC)cc1. The van der Waals surface area contributed by atoms with Crippen LogP contribution in [0.3, 0.4) is 0 Å². The lowest BCUT2D eigenvalue weighted by atomic mass is 10.1. The fraction of sp³-hybridized carbons (Fsp3) is 0.300. The first-order chi connectivity index (χ1) is 12.5. The predicted molar refractivity (Wildman–Crippen MR) is 95.1 cm³/mol. The van der Waals surface area contributed by atoms with E-state index in [0.29, 0.717) is 6.54 Å². The summed E-state index contributed by atoms with van der Waals surface area (Å²) in [6, 6.07) is 13.2. The minimum absolute atomic E-state index is 0.103. The summed E-state index contributed by atoms with van der Waals surface area (Å²) in [7, 11) is 2.89. The zero-order chi connectivity index (χ0) is 18.9. The van der Waals surface area contributed by atoms with Crippen LogP contribution in [-0.4, -0.2) is 37.5 Å². The Kier molecular flexibility index (Phi) is 7.14. The van der Waals surface area contributed by atoms with Crippen molar-refractivity contribution in [3.63, 3.8) is 0 Å². The van der Waals surface area contributed by atoms with Crippen molar-refractivity contribution >= 4 is 11.9 Å². The maximum absolute atomic E-state index is 13.1. The van der Waals surface area contributed by atoms with Crippen molar-refractivity contribution in [2.75, 3.05) is 20.8 Å². The topological polar surface area (TPSA) is 55.8 Å². The monoisotopic (exact) mass is 359 g/mol. The van der Waals surface area contributed by atoms with Gasteiger partial charge in [-0.25, -0.2) is 4.39 Å². The molecule has 2 aromatic carbocycles. The van der Waals surface area contributed by atoms with Crippen molar-refractivity contribution in [1.29, 1.82) is 0 Å². The number of amides is 1. The first-order valence-corrected chi connectivity index (χ1v) is 8.23. The lowest BCUT2D eigenvalue weighted by Gasteiger charge is -2.22. The second kappa shape index (κ2) is 9.56. The molecule has 0 aliphatic heterocycles. The van der Waals surface area contributed by atoms with Gasteiger partial charge in [0, 0.05) is 13.1 Å². The third kappa shape index (κ3) is 5.88. The Morgan fingerprint density at radius 1 is 0.962 bits per heavy atom. The molecule has 138 valence electrons. The molecule has 0 saturated heterocycles. The molecule has 0 heterocycles. The number of nitrogens with zero attached hydrogens (tertiary/aromatic N) is 1. The van der Waals surface area contributed by atoms with Crippen LogP contribution in [0.5, 0.6) is 5.75 Å². The van der Waals surface area contributed by atoms with Gasteiger partial charge >= 0.3 is 5.97 Å². The summed E-state index contributed by atoms with van der Waals surface area (Å²) in [5.74, 6) is -0.121. The van der Waals surface area contributed by atoms with Crippen molar-refractivity contribution in [2.24, 2.45) is 0 Å². The van der Waals surface area contributed by atoms with Crippen LogP contribution >= 0.6 is 0 Å². The quantitative estimate of drug-likeness (QED) is 0.680. The average Bonchev–Trinajstić information content (AvgIpc) is 2.66. The molecule has 0 aliphatic carbocycles. The van der Waals surface area contributed by atoms with Gasteiger partial charge in [0.1, 0.15) is 11.6 Å². The van der Waals surface area contributed by atoms with E-state index in [-0.39, 0.29) is 37.1 Å². The molecule has 0 N–H and O–H groups in total. The zero-order valence-corrected chi connectivity index (χ0v) is 14.9. The van der Waals surface area contributed by atoms with E-state index in [1.165, 1.54) is 19.2 Å². The molecule has 0 bridgehead atoms. The number of hydrogen-bond acceptors (Lipinski definition) is 4. The van der Waals surface area contributed by atoms with Gasteiger partial charge in [0.25, 0.3) is 0 Å².